The molecule has 0 aliphatic heterocycles. The third-order valence-electron chi connectivity index (χ3n) is 5.17. The number of benzene rings is 2. The monoisotopic (exact) mass is 359 g/mol. The lowest BCUT2D eigenvalue weighted by molar-refractivity contribution is 0.607. The molecule has 0 aliphatic rings. The second-order valence-electron chi connectivity index (χ2n) is 7.46. The summed E-state index contributed by atoms with van der Waals surface area (Å²) >= 11 is 0. The number of aryl methyl sites for hydroxylation is 1. The van der Waals surface area contributed by atoms with Crippen molar-refractivity contribution < 1.29 is 0 Å². The zero-order valence-electron chi connectivity index (χ0n) is 16.3. The summed E-state index contributed by atoms with van der Waals surface area (Å²) in [5, 5.41) is 10.9. The van der Waals surface area contributed by atoms with Crippen molar-refractivity contribution in [1.29, 1.82) is 5.26 Å². The zero-order valence-corrected chi connectivity index (χ0v) is 16.3. The van der Waals surface area contributed by atoms with E-state index in [4.69, 9.17) is 0 Å². The Morgan fingerprint density at radius 1 is 1.15 bits per heavy atom. The molecule has 3 aromatic rings. The number of anilines is 1. The van der Waals surface area contributed by atoms with Gasteiger partial charge in [-0.25, -0.2) is 0 Å². The lowest BCUT2D eigenvalue weighted by Gasteiger charge is -2.23. The second kappa shape index (κ2) is 7.28. The summed E-state index contributed by atoms with van der Waals surface area (Å²) in [6, 6.07) is 18.6. The van der Waals surface area contributed by atoms with E-state index in [1.807, 2.05) is 58.3 Å². The first-order valence-corrected chi connectivity index (χ1v) is 9.20. The molecule has 27 heavy (non-hydrogen) atoms. The molecule has 0 radical (unpaired) electrons. The molecule has 0 aliphatic carbocycles. The van der Waals surface area contributed by atoms with Gasteiger partial charge in [0.1, 0.15) is 0 Å². The molecule has 4 heteroatoms. The van der Waals surface area contributed by atoms with E-state index in [1.165, 1.54) is 0 Å². The highest BCUT2D eigenvalue weighted by atomic mass is 16.1. The number of nitriles is 1. The molecule has 0 bridgehead atoms. The Kier molecular flexibility index (Phi) is 5.05. The van der Waals surface area contributed by atoms with Gasteiger partial charge in [-0.15, -0.1) is 0 Å². The third kappa shape index (κ3) is 3.73. The van der Waals surface area contributed by atoms with Gasteiger partial charge >= 0.3 is 0 Å². The van der Waals surface area contributed by atoms with E-state index >= 15 is 0 Å². The highest BCUT2D eigenvalue weighted by molar-refractivity contribution is 5.80. The van der Waals surface area contributed by atoms with Gasteiger partial charge in [-0.3, -0.25) is 4.79 Å². The molecule has 0 saturated carbocycles. The molecular formula is C23H25N3O. The SMILES string of the molecule is CCc1cc2ccc([C@@](C)(C#N)Cc3cccc(N(C)C)c3)cc2[nH]c1=O. The minimum atomic E-state index is -0.681. The van der Waals surface area contributed by atoms with E-state index in [2.05, 4.69) is 34.2 Å². The maximum absolute atomic E-state index is 12.2. The number of nitrogens with zero attached hydrogens (tertiary/aromatic N) is 2. The van der Waals surface area contributed by atoms with Crippen LogP contribution >= 0.6 is 0 Å². The smallest absolute Gasteiger partial charge is 0.251 e. The molecule has 3 rings (SSSR count). The number of aromatic nitrogens is 1. The standard InChI is InChI=1S/C23H25N3O/c1-5-17-12-18-9-10-19(13-21(18)25-22(17)27)23(2,15-24)14-16-7-6-8-20(11-16)26(3)4/h6-13H,5,14H2,1-4H3,(H,25,27)/t23-/m1/s1. The Labute approximate surface area is 160 Å². The first-order chi connectivity index (χ1) is 12.9. The molecule has 0 fully saturated rings. The number of rotatable bonds is 5. The van der Waals surface area contributed by atoms with Crippen LogP contribution in [0.3, 0.4) is 0 Å². The number of aromatic amines is 1. The van der Waals surface area contributed by atoms with E-state index in [-0.39, 0.29) is 5.56 Å². The molecule has 0 amide bonds. The summed E-state index contributed by atoms with van der Waals surface area (Å²) in [4.78, 5) is 17.2. The average Bonchev–Trinajstić information content (AvgIpc) is 2.67. The van der Waals surface area contributed by atoms with Gasteiger partial charge in [0.05, 0.1) is 11.5 Å². The van der Waals surface area contributed by atoms with E-state index in [9.17, 15) is 10.1 Å². The molecule has 2 aromatic carbocycles. The van der Waals surface area contributed by atoms with Gasteiger partial charge in [0, 0.05) is 30.9 Å². The molecule has 1 atom stereocenters. The van der Waals surface area contributed by atoms with Crippen LogP contribution < -0.4 is 10.5 Å². The van der Waals surface area contributed by atoms with E-state index < -0.39 is 5.41 Å². The van der Waals surface area contributed by atoms with Gasteiger partial charge in [0.15, 0.2) is 0 Å². The number of H-pyrrole nitrogens is 1. The zero-order chi connectivity index (χ0) is 19.6. The fourth-order valence-corrected chi connectivity index (χ4v) is 3.41. The molecule has 138 valence electrons. The fraction of sp³-hybridized carbons (Fsp3) is 0.304. The highest BCUT2D eigenvalue weighted by Crippen LogP contribution is 2.30. The molecule has 0 spiro atoms. The Balaban J connectivity index is 2.02. The number of hydrogen-bond donors (Lipinski definition) is 1. The van der Waals surface area contributed by atoms with Crippen molar-refractivity contribution in [2.24, 2.45) is 0 Å². The van der Waals surface area contributed by atoms with Gasteiger partial charge in [-0.05, 0) is 60.5 Å². The van der Waals surface area contributed by atoms with Gasteiger partial charge in [-0.1, -0.05) is 31.2 Å². The molecule has 0 unspecified atom stereocenters. The van der Waals surface area contributed by atoms with E-state index in [0.717, 1.165) is 33.3 Å². The van der Waals surface area contributed by atoms with Crippen LogP contribution in [-0.2, 0) is 18.3 Å². The molecule has 1 N–H and O–H groups in total. The van der Waals surface area contributed by atoms with Crippen molar-refractivity contribution in [1.82, 2.24) is 4.98 Å². The minimum Gasteiger partial charge on any atom is -0.378 e. The Bertz CT molecular complexity index is 1070. The maximum Gasteiger partial charge on any atom is 0.251 e. The summed E-state index contributed by atoms with van der Waals surface area (Å²) in [6.07, 6.45) is 1.30. The largest absolute Gasteiger partial charge is 0.378 e. The topological polar surface area (TPSA) is 59.9 Å². The number of fused-ring (bicyclic) bond motifs is 1. The summed E-state index contributed by atoms with van der Waals surface area (Å²) in [5.74, 6) is 0. The lowest BCUT2D eigenvalue weighted by atomic mass is 9.78. The number of pyridine rings is 1. The van der Waals surface area contributed by atoms with Crippen molar-refractivity contribution in [2.45, 2.75) is 32.1 Å². The number of hydrogen-bond acceptors (Lipinski definition) is 3. The van der Waals surface area contributed by atoms with Crippen LogP contribution in [0.2, 0.25) is 0 Å². The van der Waals surface area contributed by atoms with Crippen molar-refractivity contribution >= 4 is 16.6 Å². The lowest BCUT2D eigenvalue weighted by Crippen LogP contribution is -2.23. The van der Waals surface area contributed by atoms with Crippen LogP contribution in [-0.4, -0.2) is 19.1 Å². The van der Waals surface area contributed by atoms with Crippen LogP contribution in [0.15, 0.2) is 53.3 Å². The van der Waals surface area contributed by atoms with E-state index in [1.54, 1.807) is 0 Å². The van der Waals surface area contributed by atoms with E-state index in [0.29, 0.717) is 12.8 Å². The molecule has 4 nitrogen and oxygen atoms in total. The van der Waals surface area contributed by atoms with Crippen molar-refractivity contribution in [3.8, 4) is 6.07 Å². The van der Waals surface area contributed by atoms with Gasteiger partial charge in [-0.2, -0.15) is 5.26 Å². The predicted molar refractivity (Wildman–Crippen MR) is 111 cm³/mol. The summed E-state index contributed by atoms with van der Waals surface area (Å²) < 4.78 is 0. The van der Waals surface area contributed by atoms with Crippen molar-refractivity contribution in [2.75, 3.05) is 19.0 Å². The molecule has 1 aromatic heterocycles. The normalized spacial score (nSPS) is 13.1. The van der Waals surface area contributed by atoms with Crippen molar-refractivity contribution in [3.05, 3.63) is 75.6 Å². The predicted octanol–water partition coefficient (Wildman–Crippen LogP) is 4.18. The van der Waals surface area contributed by atoms with Crippen LogP contribution in [0.5, 0.6) is 0 Å². The quantitative estimate of drug-likeness (QED) is 0.743. The van der Waals surface area contributed by atoms with Crippen LogP contribution in [0, 0.1) is 11.3 Å². The first kappa shape index (κ1) is 18.7. The van der Waals surface area contributed by atoms with Crippen LogP contribution in [0.4, 0.5) is 5.69 Å². The molecular weight excluding hydrogens is 334 g/mol. The first-order valence-electron chi connectivity index (χ1n) is 9.20. The Hall–Kier alpha value is -3.06. The van der Waals surface area contributed by atoms with Gasteiger partial charge < -0.3 is 9.88 Å². The second-order valence-corrected chi connectivity index (χ2v) is 7.46. The van der Waals surface area contributed by atoms with Crippen LogP contribution in [0.25, 0.3) is 10.9 Å². The summed E-state index contributed by atoms with van der Waals surface area (Å²) in [6.45, 7) is 3.92. The summed E-state index contributed by atoms with van der Waals surface area (Å²) in [7, 11) is 4.01. The average molecular weight is 359 g/mol. The van der Waals surface area contributed by atoms with Crippen LogP contribution in [0.1, 0.15) is 30.5 Å². The van der Waals surface area contributed by atoms with Gasteiger partial charge in [0.25, 0.3) is 5.56 Å². The third-order valence-corrected chi connectivity index (χ3v) is 5.17. The Morgan fingerprint density at radius 2 is 1.93 bits per heavy atom. The molecule has 1 heterocycles. The summed E-state index contributed by atoms with van der Waals surface area (Å²) in [5.41, 5.74) is 3.95. The number of nitrogens with one attached hydrogen (secondary N) is 1. The fourth-order valence-electron chi connectivity index (χ4n) is 3.41. The highest BCUT2D eigenvalue weighted by Gasteiger charge is 2.27. The van der Waals surface area contributed by atoms with Gasteiger partial charge in [0.2, 0.25) is 0 Å². The molecule has 0 saturated heterocycles. The van der Waals surface area contributed by atoms with Crippen molar-refractivity contribution in [3.63, 3.8) is 0 Å². The Morgan fingerprint density at radius 3 is 2.59 bits per heavy atom. The minimum absolute atomic E-state index is 0.0560. The maximum atomic E-state index is 12.2.